The number of ether oxygens (including phenoxy) is 2. The summed E-state index contributed by atoms with van der Waals surface area (Å²) in [7, 11) is 0. The van der Waals surface area contributed by atoms with Gasteiger partial charge in [0.05, 0.1) is 6.61 Å². The van der Waals surface area contributed by atoms with E-state index in [1.165, 1.54) is 0 Å². The maximum Gasteiger partial charge on any atom is 0.220 e. The van der Waals surface area contributed by atoms with E-state index in [0.29, 0.717) is 26.0 Å². The SMILES string of the molecule is CC1(C)OCC(CNC(=O)CCCO)O1. The molecule has 1 aliphatic rings. The molecule has 1 aliphatic heterocycles. The zero-order valence-corrected chi connectivity index (χ0v) is 9.28. The Balaban J connectivity index is 2.13. The molecule has 1 saturated heterocycles. The van der Waals surface area contributed by atoms with E-state index in [0.717, 1.165) is 0 Å². The maximum absolute atomic E-state index is 11.2. The van der Waals surface area contributed by atoms with Gasteiger partial charge in [0.1, 0.15) is 6.10 Å². The molecule has 1 fully saturated rings. The molecule has 0 aromatic heterocycles. The molecule has 0 radical (unpaired) electrons. The molecule has 5 heteroatoms. The molecule has 0 bridgehead atoms. The molecule has 0 aromatic rings. The Morgan fingerprint density at radius 1 is 1.60 bits per heavy atom. The predicted octanol–water partition coefficient (Wildman–Crippen LogP) is 0.0266. The number of nitrogens with one attached hydrogen (secondary N) is 1. The van der Waals surface area contributed by atoms with E-state index < -0.39 is 5.79 Å². The first-order chi connectivity index (χ1) is 7.03. The zero-order valence-electron chi connectivity index (χ0n) is 9.28. The predicted molar refractivity (Wildman–Crippen MR) is 54.2 cm³/mol. The van der Waals surface area contributed by atoms with E-state index in [1.54, 1.807) is 0 Å². The van der Waals surface area contributed by atoms with E-state index in [-0.39, 0.29) is 18.6 Å². The van der Waals surface area contributed by atoms with Crippen LogP contribution in [-0.4, -0.2) is 42.7 Å². The van der Waals surface area contributed by atoms with Gasteiger partial charge in [-0.05, 0) is 20.3 Å². The van der Waals surface area contributed by atoms with Crippen LogP contribution in [0.2, 0.25) is 0 Å². The molecule has 2 N–H and O–H groups in total. The minimum atomic E-state index is -0.541. The Hall–Kier alpha value is -0.650. The summed E-state index contributed by atoms with van der Waals surface area (Å²) in [4.78, 5) is 11.2. The van der Waals surface area contributed by atoms with Crippen molar-refractivity contribution in [2.45, 2.75) is 38.6 Å². The van der Waals surface area contributed by atoms with E-state index in [9.17, 15) is 4.79 Å². The molecule has 0 aromatic carbocycles. The fourth-order valence-electron chi connectivity index (χ4n) is 1.42. The molecule has 0 aliphatic carbocycles. The van der Waals surface area contributed by atoms with Crippen molar-refractivity contribution >= 4 is 5.91 Å². The van der Waals surface area contributed by atoms with Gasteiger partial charge in [-0.1, -0.05) is 0 Å². The minimum absolute atomic E-state index is 0.0451. The first kappa shape index (κ1) is 12.4. The van der Waals surface area contributed by atoms with Gasteiger partial charge in [0.25, 0.3) is 0 Å². The monoisotopic (exact) mass is 217 g/mol. The van der Waals surface area contributed by atoms with Gasteiger partial charge in [0.15, 0.2) is 5.79 Å². The van der Waals surface area contributed by atoms with Gasteiger partial charge >= 0.3 is 0 Å². The van der Waals surface area contributed by atoms with Crippen LogP contribution in [0.5, 0.6) is 0 Å². The first-order valence-corrected chi connectivity index (χ1v) is 5.23. The molecular weight excluding hydrogens is 198 g/mol. The number of aliphatic hydroxyl groups is 1. The molecule has 0 saturated carbocycles. The molecule has 88 valence electrons. The fourth-order valence-corrected chi connectivity index (χ4v) is 1.42. The Morgan fingerprint density at radius 3 is 2.87 bits per heavy atom. The lowest BCUT2D eigenvalue weighted by atomic mass is 10.3. The minimum Gasteiger partial charge on any atom is -0.396 e. The second kappa shape index (κ2) is 5.44. The highest BCUT2D eigenvalue weighted by atomic mass is 16.7. The maximum atomic E-state index is 11.2. The highest BCUT2D eigenvalue weighted by molar-refractivity contribution is 5.75. The molecule has 1 heterocycles. The van der Waals surface area contributed by atoms with Crippen LogP contribution in [0.15, 0.2) is 0 Å². The van der Waals surface area contributed by atoms with Crippen LogP contribution in [-0.2, 0) is 14.3 Å². The summed E-state index contributed by atoms with van der Waals surface area (Å²) in [6.07, 6.45) is 0.783. The van der Waals surface area contributed by atoms with Crippen LogP contribution >= 0.6 is 0 Å². The van der Waals surface area contributed by atoms with Crippen molar-refractivity contribution in [3.8, 4) is 0 Å². The number of aliphatic hydroxyl groups excluding tert-OH is 1. The van der Waals surface area contributed by atoms with Gasteiger partial charge in [-0.3, -0.25) is 4.79 Å². The molecule has 0 spiro atoms. The summed E-state index contributed by atoms with van der Waals surface area (Å²) in [5, 5.41) is 11.3. The molecular formula is C10H19NO4. The second-order valence-electron chi connectivity index (χ2n) is 4.08. The normalized spacial score (nSPS) is 24.1. The number of hydrogen-bond donors (Lipinski definition) is 2. The first-order valence-electron chi connectivity index (χ1n) is 5.23. The Kier molecular flexibility index (Phi) is 4.50. The number of rotatable bonds is 5. The van der Waals surface area contributed by atoms with Gasteiger partial charge in [-0.2, -0.15) is 0 Å². The van der Waals surface area contributed by atoms with Gasteiger partial charge in [0.2, 0.25) is 5.91 Å². The summed E-state index contributed by atoms with van der Waals surface area (Å²) in [6, 6.07) is 0. The number of hydrogen-bond acceptors (Lipinski definition) is 4. The van der Waals surface area contributed by atoms with Crippen LogP contribution in [0.1, 0.15) is 26.7 Å². The van der Waals surface area contributed by atoms with E-state index in [2.05, 4.69) is 5.32 Å². The lowest BCUT2D eigenvalue weighted by molar-refractivity contribution is -0.139. The number of carbonyl (C=O) groups is 1. The van der Waals surface area contributed by atoms with Crippen LogP contribution in [0, 0.1) is 0 Å². The highest BCUT2D eigenvalue weighted by Gasteiger charge is 2.32. The summed E-state index contributed by atoms with van der Waals surface area (Å²) in [6.45, 7) is 4.71. The van der Waals surface area contributed by atoms with Crippen molar-refractivity contribution in [1.82, 2.24) is 5.32 Å². The number of amides is 1. The van der Waals surface area contributed by atoms with E-state index in [1.807, 2.05) is 13.8 Å². The lowest BCUT2D eigenvalue weighted by Crippen LogP contribution is -2.34. The smallest absolute Gasteiger partial charge is 0.220 e. The Labute approximate surface area is 89.8 Å². The van der Waals surface area contributed by atoms with Gasteiger partial charge < -0.3 is 19.9 Å². The molecule has 5 nitrogen and oxygen atoms in total. The molecule has 1 atom stereocenters. The van der Waals surface area contributed by atoms with Crippen molar-refractivity contribution in [2.24, 2.45) is 0 Å². The van der Waals surface area contributed by atoms with Crippen molar-refractivity contribution in [2.75, 3.05) is 19.8 Å². The van der Waals surface area contributed by atoms with Crippen molar-refractivity contribution < 1.29 is 19.4 Å². The lowest BCUT2D eigenvalue weighted by Gasteiger charge is -2.17. The summed E-state index contributed by atoms with van der Waals surface area (Å²) in [5.41, 5.74) is 0. The number of carbonyl (C=O) groups excluding carboxylic acids is 1. The largest absolute Gasteiger partial charge is 0.396 e. The highest BCUT2D eigenvalue weighted by Crippen LogP contribution is 2.21. The topological polar surface area (TPSA) is 67.8 Å². The third-order valence-corrected chi connectivity index (χ3v) is 2.16. The van der Waals surface area contributed by atoms with Crippen molar-refractivity contribution in [1.29, 1.82) is 0 Å². The second-order valence-corrected chi connectivity index (χ2v) is 4.08. The molecule has 15 heavy (non-hydrogen) atoms. The van der Waals surface area contributed by atoms with Gasteiger partial charge in [-0.25, -0.2) is 0 Å². The Bertz CT molecular complexity index is 217. The molecule has 1 unspecified atom stereocenters. The quantitative estimate of drug-likeness (QED) is 0.681. The summed E-state index contributed by atoms with van der Waals surface area (Å²) < 4.78 is 10.9. The average molecular weight is 217 g/mol. The van der Waals surface area contributed by atoms with Crippen LogP contribution in [0.3, 0.4) is 0 Å². The molecule has 1 rings (SSSR count). The van der Waals surface area contributed by atoms with Crippen molar-refractivity contribution in [3.05, 3.63) is 0 Å². The zero-order chi connectivity index (χ0) is 11.3. The van der Waals surface area contributed by atoms with Gasteiger partial charge in [0, 0.05) is 19.6 Å². The van der Waals surface area contributed by atoms with E-state index >= 15 is 0 Å². The third-order valence-electron chi connectivity index (χ3n) is 2.16. The standard InChI is InChI=1S/C10H19NO4/c1-10(2)14-7-8(15-10)6-11-9(13)4-3-5-12/h8,12H,3-7H2,1-2H3,(H,11,13). The fraction of sp³-hybridized carbons (Fsp3) is 0.900. The summed E-state index contributed by atoms with van der Waals surface area (Å²) in [5.74, 6) is -0.599. The Morgan fingerprint density at radius 2 is 2.33 bits per heavy atom. The third kappa shape index (κ3) is 4.59. The van der Waals surface area contributed by atoms with E-state index in [4.69, 9.17) is 14.6 Å². The molecule has 1 amide bonds. The summed E-state index contributed by atoms with van der Waals surface area (Å²) >= 11 is 0. The van der Waals surface area contributed by atoms with Crippen LogP contribution in [0.25, 0.3) is 0 Å². The van der Waals surface area contributed by atoms with Crippen LogP contribution < -0.4 is 5.32 Å². The van der Waals surface area contributed by atoms with Crippen LogP contribution in [0.4, 0.5) is 0 Å². The average Bonchev–Trinajstić information content (AvgIpc) is 2.52. The van der Waals surface area contributed by atoms with Crippen molar-refractivity contribution in [3.63, 3.8) is 0 Å². The van der Waals surface area contributed by atoms with Gasteiger partial charge in [-0.15, -0.1) is 0 Å².